The van der Waals surface area contributed by atoms with Crippen molar-refractivity contribution in [1.29, 1.82) is 0 Å². The minimum Gasteiger partial charge on any atom is -0.436 e. The van der Waals surface area contributed by atoms with Gasteiger partial charge < -0.3 is 25.0 Å². The zero-order chi connectivity index (χ0) is 46.2. The summed E-state index contributed by atoms with van der Waals surface area (Å²) in [6.07, 6.45) is 15.7. The van der Waals surface area contributed by atoms with Crippen molar-refractivity contribution in [1.82, 2.24) is 34.6 Å². The molecule has 4 aromatic heterocycles. The summed E-state index contributed by atoms with van der Waals surface area (Å²) < 4.78 is 27.7. The molecule has 0 bridgehead atoms. The van der Waals surface area contributed by atoms with Crippen molar-refractivity contribution in [2.45, 2.75) is 76.1 Å². The van der Waals surface area contributed by atoms with E-state index >= 15 is 0 Å². The summed E-state index contributed by atoms with van der Waals surface area (Å²) in [6.45, 7) is 9.52. The van der Waals surface area contributed by atoms with Crippen molar-refractivity contribution in [2.75, 3.05) is 36.0 Å². The van der Waals surface area contributed by atoms with Crippen molar-refractivity contribution >= 4 is 69.0 Å². The third-order valence-corrected chi connectivity index (χ3v) is 16.4. The number of nitrogens with one attached hydrogen (secondary N) is 1. The molecule has 18 heteroatoms. The summed E-state index contributed by atoms with van der Waals surface area (Å²) in [6, 6.07) is 20.6. The van der Waals surface area contributed by atoms with E-state index in [-0.39, 0.29) is 48.0 Å². The van der Waals surface area contributed by atoms with Crippen LogP contribution in [-0.2, 0) is 23.8 Å². The number of fused-ring (bicyclic) bond motifs is 2. The molecule has 2 aliphatic carbocycles. The largest absolute Gasteiger partial charge is 0.436 e. The van der Waals surface area contributed by atoms with Crippen LogP contribution in [0, 0.1) is 10.8 Å². The first-order valence-electron chi connectivity index (χ1n) is 21.9. The van der Waals surface area contributed by atoms with Crippen molar-refractivity contribution in [3.63, 3.8) is 0 Å². The van der Waals surface area contributed by atoms with Crippen LogP contribution >= 0.6 is 46.4 Å². The van der Waals surface area contributed by atoms with Crippen LogP contribution in [0.15, 0.2) is 97.8 Å². The fourth-order valence-electron chi connectivity index (χ4n) is 9.63. The number of hydrogen-bond donors (Lipinski definition) is 2. The van der Waals surface area contributed by atoms with Crippen molar-refractivity contribution < 1.29 is 13.7 Å². The number of pyridine rings is 2. The van der Waals surface area contributed by atoms with Crippen LogP contribution in [0.2, 0.25) is 20.4 Å². The van der Waals surface area contributed by atoms with Gasteiger partial charge in [-0.05, 0) is 92.4 Å². The first-order valence-corrected chi connectivity index (χ1v) is 24.6. The Morgan fingerprint density at radius 2 is 1.09 bits per heavy atom. The van der Waals surface area contributed by atoms with Gasteiger partial charge in [0.1, 0.15) is 21.7 Å². The lowest BCUT2D eigenvalue weighted by Crippen LogP contribution is -2.48. The standard InChI is InChI=1S/C26H29Cl2N5O2S.C22H21Cl2N5O/c1-25(2,3)36(34)32-23-18-7-5-4-6-17(18)14-26(23)9-12-33(13-10-26)20-15-31-21(16-30-20)35-19-8-11-29-24(28)22(19)27;23-19-16(5-8-26-21(19)24)30-18-13-27-17(12-28-18)29-9-6-22(7-10-29)11-14-3-1-2-4-15(14)20(22)25/h4-8,11,15-16,23,32H,9-10,12-14H2,1-3H3;1-5,8,12-13,20H,6-7,9-11,25H2/t23-,36-;20-/m11/s1. The van der Waals surface area contributed by atoms with Gasteiger partial charge in [-0.25, -0.2) is 38.8 Å². The summed E-state index contributed by atoms with van der Waals surface area (Å²) in [5.74, 6) is 3.09. The Kier molecular flexibility index (Phi) is 13.5. The molecule has 3 N–H and O–H groups in total. The molecule has 2 spiro atoms. The van der Waals surface area contributed by atoms with Gasteiger partial charge in [0.15, 0.2) is 21.8 Å². The Labute approximate surface area is 407 Å². The second-order valence-electron chi connectivity index (χ2n) is 18.3. The lowest BCUT2D eigenvalue weighted by Gasteiger charge is -2.44. The minimum atomic E-state index is -1.15. The molecular weight excluding hydrogens is 938 g/mol. The highest BCUT2D eigenvalue weighted by atomic mass is 35.5. The molecular formula is C48H50Cl4N10O3S. The van der Waals surface area contributed by atoms with Crippen LogP contribution in [-0.4, -0.2) is 65.0 Å². The number of nitrogens with two attached hydrogens (primary N) is 1. The van der Waals surface area contributed by atoms with Crippen LogP contribution in [0.1, 0.15) is 80.8 Å². The summed E-state index contributed by atoms with van der Waals surface area (Å²) >= 11 is 24.2. The number of ether oxygens (including phenoxy) is 2. The molecule has 10 rings (SSSR count). The third-order valence-electron chi connectivity index (χ3n) is 13.3. The Morgan fingerprint density at radius 3 is 1.56 bits per heavy atom. The van der Waals surface area contributed by atoms with Crippen LogP contribution in [0.25, 0.3) is 0 Å². The van der Waals surface area contributed by atoms with E-state index < -0.39 is 11.0 Å². The monoisotopic (exact) mass is 986 g/mol. The molecule has 2 aromatic carbocycles. The van der Waals surface area contributed by atoms with Gasteiger partial charge in [-0.3, -0.25) is 0 Å². The molecule has 3 atom stereocenters. The molecule has 6 heterocycles. The highest BCUT2D eigenvalue weighted by molar-refractivity contribution is 7.84. The van der Waals surface area contributed by atoms with Gasteiger partial charge in [-0.1, -0.05) is 94.9 Å². The summed E-state index contributed by atoms with van der Waals surface area (Å²) in [4.78, 5) is 30.3. The number of aromatic nitrogens is 6. The van der Waals surface area contributed by atoms with E-state index in [4.69, 9.17) is 61.6 Å². The summed E-state index contributed by atoms with van der Waals surface area (Å²) in [7, 11) is -1.15. The lowest BCUT2D eigenvalue weighted by atomic mass is 9.73. The van der Waals surface area contributed by atoms with Gasteiger partial charge in [0.25, 0.3) is 0 Å². The average Bonchev–Trinajstić information content (AvgIpc) is 3.76. The SMILES string of the molecule is CC(C)(C)[S@@](=O)N[C@@H]1c2ccccc2CC12CCN(c1cnc(Oc3ccnc(Cl)c3Cl)cn1)CC2.N[C@@H]1c2ccccc2CC12CCN(c1cnc(Oc3ccnc(Cl)c3Cl)cn1)CC2. The van der Waals surface area contributed by atoms with E-state index in [0.29, 0.717) is 23.3 Å². The van der Waals surface area contributed by atoms with Crippen molar-refractivity contribution in [2.24, 2.45) is 16.6 Å². The fraction of sp³-hybridized carbons (Fsp3) is 0.375. The molecule has 0 unspecified atom stereocenters. The second kappa shape index (κ2) is 19.1. The first-order chi connectivity index (χ1) is 31.7. The van der Waals surface area contributed by atoms with Gasteiger partial charge in [0, 0.05) is 56.7 Å². The van der Waals surface area contributed by atoms with Gasteiger partial charge in [-0.2, -0.15) is 0 Å². The van der Waals surface area contributed by atoms with E-state index in [1.807, 2.05) is 20.8 Å². The zero-order valence-electron chi connectivity index (χ0n) is 36.8. The molecule has 2 saturated heterocycles. The molecule has 0 saturated carbocycles. The van der Waals surface area contributed by atoms with Gasteiger partial charge in [0.05, 0.1) is 46.6 Å². The van der Waals surface area contributed by atoms with E-state index in [1.165, 1.54) is 34.6 Å². The third kappa shape index (κ3) is 9.56. The summed E-state index contributed by atoms with van der Waals surface area (Å²) in [5.41, 5.74) is 12.2. The maximum atomic E-state index is 13.1. The Morgan fingerprint density at radius 1 is 0.636 bits per heavy atom. The van der Waals surface area contributed by atoms with Crippen molar-refractivity contribution in [3.8, 4) is 23.3 Å². The second-order valence-corrected chi connectivity index (χ2v) is 21.8. The number of benzene rings is 2. The smallest absolute Gasteiger partial charge is 0.238 e. The Bertz CT molecular complexity index is 2710. The highest BCUT2D eigenvalue weighted by Gasteiger charge is 2.49. The quantitative estimate of drug-likeness (QED) is 0.139. The number of hydrogen-bond acceptors (Lipinski definition) is 12. The zero-order valence-corrected chi connectivity index (χ0v) is 40.6. The molecule has 13 nitrogen and oxygen atoms in total. The molecule has 6 aromatic rings. The number of halogens is 4. The van der Waals surface area contributed by atoms with Crippen LogP contribution in [0.4, 0.5) is 11.6 Å². The molecule has 0 amide bonds. The normalized spacial score (nSPS) is 19.8. The Balaban J connectivity index is 0.000000169. The van der Waals surface area contributed by atoms with Gasteiger partial charge in [0.2, 0.25) is 11.8 Å². The predicted molar refractivity (Wildman–Crippen MR) is 261 cm³/mol. The molecule has 2 aliphatic heterocycles. The van der Waals surface area contributed by atoms with E-state index in [1.54, 1.807) is 36.9 Å². The predicted octanol–water partition coefficient (Wildman–Crippen LogP) is 10.7. The van der Waals surface area contributed by atoms with Crippen LogP contribution in [0.5, 0.6) is 23.3 Å². The number of anilines is 2. The molecule has 66 heavy (non-hydrogen) atoms. The maximum absolute atomic E-state index is 13.1. The molecule has 2 fully saturated rings. The molecule has 0 radical (unpaired) electrons. The first kappa shape index (κ1) is 46.4. The number of nitrogens with zero attached hydrogens (tertiary/aromatic N) is 8. The fourth-order valence-corrected chi connectivity index (χ4v) is 11.2. The Hall–Kier alpha value is -4.67. The van der Waals surface area contributed by atoms with Crippen LogP contribution < -0.4 is 29.7 Å². The van der Waals surface area contributed by atoms with Crippen LogP contribution in [0.3, 0.4) is 0 Å². The van der Waals surface area contributed by atoms with Crippen molar-refractivity contribution in [3.05, 3.63) is 140 Å². The van der Waals surface area contributed by atoms with E-state index in [2.05, 4.69) is 93.0 Å². The molecule has 4 aliphatic rings. The average molecular weight is 989 g/mol. The van der Waals surface area contributed by atoms with Gasteiger partial charge in [-0.15, -0.1) is 0 Å². The lowest BCUT2D eigenvalue weighted by molar-refractivity contribution is 0.177. The topological polar surface area (TPSA) is 157 Å². The van der Waals surface area contributed by atoms with E-state index in [9.17, 15) is 4.21 Å². The maximum Gasteiger partial charge on any atom is 0.238 e. The number of piperidine rings is 2. The summed E-state index contributed by atoms with van der Waals surface area (Å²) in [5, 5.41) is 0.849. The van der Waals surface area contributed by atoms with E-state index in [0.717, 1.165) is 76.3 Å². The minimum absolute atomic E-state index is 0.0228. The van der Waals surface area contributed by atoms with Gasteiger partial charge >= 0.3 is 0 Å². The number of rotatable bonds is 8. The molecule has 344 valence electrons. The highest BCUT2D eigenvalue weighted by Crippen LogP contribution is 2.53.